The van der Waals surface area contributed by atoms with Crippen LogP contribution in [0.3, 0.4) is 0 Å². The molecule has 2 atom stereocenters. The molecule has 20 heavy (non-hydrogen) atoms. The first-order valence-electron chi connectivity index (χ1n) is 6.72. The Morgan fingerprint density at radius 3 is 2.95 bits per heavy atom. The van der Waals surface area contributed by atoms with Crippen LogP contribution in [-0.2, 0) is 0 Å². The molecule has 0 aromatic carbocycles. The summed E-state index contributed by atoms with van der Waals surface area (Å²) in [6.07, 6.45) is 8.36. The van der Waals surface area contributed by atoms with Crippen LogP contribution in [0.5, 0.6) is 0 Å². The number of aryl methyl sites for hydroxylation is 1. The van der Waals surface area contributed by atoms with E-state index in [2.05, 4.69) is 35.3 Å². The van der Waals surface area contributed by atoms with Crippen LogP contribution in [0.1, 0.15) is 30.4 Å². The Morgan fingerprint density at radius 1 is 1.50 bits per heavy atom. The van der Waals surface area contributed by atoms with Crippen molar-refractivity contribution in [3.8, 4) is 5.82 Å². The van der Waals surface area contributed by atoms with E-state index < -0.39 is 0 Å². The van der Waals surface area contributed by atoms with Crippen LogP contribution >= 0.6 is 11.6 Å². The molecule has 0 spiro atoms. The number of halogens is 1. The first-order chi connectivity index (χ1) is 9.65. The van der Waals surface area contributed by atoms with Crippen LogP contribution < -0.4 is 5.32 Å². The predicted octanol–water partition coefficient (Wildman–Crippen LogP) is 3.12. The third-order valence-electron chi connectivity index (χ3n) is 3.79. The lowest BCUT2D eigenvalue weighted by Crippen LogP contribution is -2.26. The maximum atomic E-state index is 6.03. The zero-order valence-electron chi connectivity index (χ0n) is 11.5. The van der Waals surface area contributed by atoms with Crippen molar-refractivity contribution in [3.05, 3.63) is 53.1 Å². The molecule has 2 aromatic heterocycles. The largest absolute Gasteiger partial charge is 0.386 e. The molecule has 0 amide bonds. The molecule has 104 valence electrons. The zero-order valence-corrected chi connectivity index (χ0v) is 12.3. The summed E-state index contributed by atoms with van der Waals surface area (Å²) in [4.78, 5) is 4.55. The number of hydrogen-bond donors (Lipinski definition) is 1. The third kappa shape index (κ3) is 2.43. The summed E-state index contributed by atoms with van der Waals surface area (Å²) in [6.45, 7) is 4.26. The van der Waals surface area contributed by atoms with Crippen molar-refractivity contribution in [1.82, 2.24) is 20.1 Å². The monoisotopic (exact) mass is 288 g/mol. The zero-order chi connectivity index (χ0) is 14.1. The van der Waals surface area contributed by atoms with Crippen molar-refractivity contribution in [2.24, 2.45) is 0 Å². The number of rotatable bonds is 3. The summed E-state index contributed by atoms with van der Waals surface area (Å²) in [7, 11) is 0. The van der Waals surface area contributed by atoms with Crippen molar-refractivity contribution in [3.63, 3.8) is 0 Å². The van der Waals surface area contributed by atoms with Gasteiger partial charge in [-0.05, 0) is 24.1 Å². The van der Waals surface area contributed by atoms with Gasteiger partial charge in [-0.1, -0.05) is 24.6 Å². The summed E-state index contributed by atoms with van der Waals surface area (Å²) in [6, 6.07) is 4.43. The maximum absolute atomic E-state index is 6.03. The second-order valence-corrected chi connectivity index (χ2v) is 5.70. The number of nitrogens with zero attached hydrogens (tertiary/aromatic N) is 3. The fraction of sp³-hybridized carbons (Fsp3) is 0.333. The van der Waals surface area contributed by atoms with Gasteiger partial charge in [0.25, 0.3) is 0 Å². The molecule has 4 nitrogen and oxygen atoms in total. The molecule has 0 bridgehead atoms. The number of aromatic nitrogens is 3. The minimum Gasteiger partial charge on any atom is -0.386 e. The molecular weight excluding hydrogens is 272 g/mol. The average molecular weight is 289 g/mol. The van der Waals surface area contributed by atoms with Crippen molar-refractivity contribution in [1.29, 1.82) is 0 Å². The standard InChI is InChI=1S/C15H17ClN4/c1-10-6-12(11(2)14-7-13(16)9-17-14)8-18-15(10)20-5-3-4-19-20/h3-6,8-9,11,14,17H,7H2,1-2H3. The summed E-state index contributed by atoms with van der Waals surface area (Å²) < 4.78 is 1.79. The smallest absolute Gasteiger partial charge is 0.156 e. The van der Waals surface area contributed by atoms with Gasteiger partial charge in [-0.25, -0.2) is 9.67 Å². The SMILES string of the molecule is Cc1cc(C(C)C2CC(Cl)=CN2)cnc1-n1cccn1. The summed E-state index contributed by atoms with van der Waals surface area (Å²) in [5.74, 6) is 1.24. The fourth-order valence-corrected chi connectivity index (χ4v) is 2.78. The number of pyridine rings is 1. The van der Waals surface area contributed by atoms with Gasteiger partial charge in [0.15, 0.2) is 5.82 Å². The Balaban J connectivity index is 1.84. The molecule has 1 aliphatic rings. The van der Waals surface area contributed by atoms with E-state index in [0.717, 1.165) is 22.8 Å². The van der Waals surface area contributed by atoms with Crippen LogP contribution in [0, 0.1) is 6.92 Å². The van der Waals surface area contributed by atoms with E-state index in [9.17, 15) is 0 Å². The molecule has 1 N–H and O–H groups in total. The van der Waals surface area contributed by atoms with Crippen LogP contribution in [0.2, 0.25) is 0 Å². The predicted molar refractivity (Wildman–Crippen MR) is 80.0 cm³/mol. The van der Waals surface area contributed by atoms with Crippen molar-refractivity contribution in [2.45, 2.75) is 32.2 Å². The van der Waals surface area contributed by atoms with Crippen LogP contribution in [-0.4, -0.2) is 20.8 Å². The lowest BCUT2D eigenvalue weighted by Gasteiger charge is -2.21. The Bertz CT molecular complexity index is 633. The molecule has 3 heterocycles. The van der Waals surface area contributed by atoms with Gasteiger partial charge in [-0.3, -0.25) is 0 Å². The second-order valence-electron chi connectivity index (χ2n) is 5.22. The Morgan fingerprint density at radius 2 is 2.35 bits per heavy atom. The molecule has 5 heteroatoms. The van der Waals surface area contributed by atoms with E-state index in [4.69, 9.17) is 11.6 Å². The van der Waals surface area contributed by atoms with E-state index in [1.54, 1.807) is 10.9 Å². The molecule has 1 aliphatic heterocycles. The van der Waals surface area contributed by atoms with Crippen molar-refractivity contribution >= 4 is 11.6 Å². The summed E-state index contributed by atoms with van der Waals surface area (Å²) in [5, 5.41) is 8.44. The topological polar surface area (TPSA) is 42.7 Å². The first-order valence-corrected chi connectivity index (χ1v) is 7.10. The quantitative estimate of drug-likeness (QED) is 0.943. The van der Waals surface area contributed by atoms with E-state index in [1.807, 2.05) is 24.7 Å². The molecule has 3 rings (SSSR count). The van der Waals surface area contributed by atoms with Gasteiger partial charge in [0.1, 0.15) is 0 Å². The summed E-state index contributed by atoms with van der Waals surface area (Å²) in [5.41, 5.74) is 2.34. The highest BCUT2D eigenvalue weighted by molar-refractivity contribution is 6.29. The van der Waals surface area contributed by atoms with Gasteiger partial charge >= 0.3 is 0 Å². The Labute approximate surface area is 123 Å². The number of hydrogen-bond acceptors (Lipinski definition) is 3. The van der Waals surface area contributed by atoms with Crippen molar-refractivity contribution < 1.29 is 0 Å². The van der Waals surface area contributed by atoms with Crippen LogP contribution in [0.25, 0.3) is 5.82 Å². The van der Waals surface area contributed by atoms with Gasteiger partial charge in [-0.15, -0.1) is 0 Å². The number of nitrogens with one attached hydrogen (secondary N) is 1. The van der Waals surface area contributed by atoms with Crippen LogP contribution in [0.15, 0.2) is 42.0 Å². The average Bonchev–Trinajstić information content (AvgIpc) is 3.09. The van der Waals surface area contributed by atoms with Gasteiger partial charge < -0.3 is 5.32 Å². The second kappa shape index (κ2) is 5.29. The van der Waals surface area contributed by atoms with Gasteiger partial charge in [0, 0.05) is 48.2 Å². The lowest BCUT2D eigenvalue weighted by atomic mass is 9.93. The summed E-state index contributed by atoms with van der Waals surface area (Å²) >= 11 is 6.03. The van der Waals surface area contributed by atoms with E-state index in [0.29, 0.717) is 12.0 Å². The highest BCUT2D eigenvalue weighted by Crippen LogP contribution is 2.29. The van der Waals surface area contributed by atoms with Crippen molar-refractivity contribution in [2.75, 3.05) is 0 Å². The van der Waals surface area contributed by atoms with Gasteiger partial charge in [-0.2, -0.15) is 5.10 Å². The maximum Gasteiger partial charge on any atom is 0.156 e. The lowest BCUT2D eigenvalue weighted by molar-refractivity contribution is 0.529. The molecule has 0 aliphatic carbocycles. The minimum atomic E-state index is 0.347. The Hall–Kier alpha value is -1.81. The molecule has 0 radical (unpaired) electrons. The minimum absolute atomic E-state index is 0.347. The molecule has 0 saturated heterocycles. The highest BCUT2D eigenvalue weighted by Gasteiger charge is 2.23. The molecule has 0 saturated carbocycles. The normalized spacial score (nSPS) is 19.6. The van der Waals surface area contributed by atoms with E-state index in [1.165, 1.54) is 5.56 Å². The van der Waals surface area contributed by atoms with Gasteiger partial charge in [0.2, 0.25) is 0 Å². The first kappa shape index (κ1) is 13.2. The molecule has 0 fully saturated rings. The molecular formula is C15H17ClN4. The molecule has 2 unspecified atom stereocenters. The van der Waals surface area contributed by atoms with Crippen LogP contribution in [0.4, 0.5) is 0 Å². The highest BCUT2D eigenvalue weighted by atomic mass is 35.5. The molecule has 2 aromatic rings. The van der Waals surface area contributed by atoms with Gasteiger partial charge in [0.05, 0.1) is 0 Å². The third-order valence-corrected chi connectivity index (χ3v) is 4.05. The van der Waals surface area contributed by atoms with E-state index >= 15 is 0 Å². The Kier molecular flexibility index (Phi) is 3.49. The van der Waals surface area contributed by atoms with E-state index in [-0.39, 0.29) is 0 Å². The fourth-order valence-electron chi connectivity index (χ4n) is 2.55.